The summed E-state index contributed by atoms with van der Waals surface area (Å²) in [5, 5.41) is 7.58. The number of rotatable bonds is 6. The summed E-state index contributed by atoms with van der Waals surface area (Å²) in [7, 11) is 0. The van der Waals surface area contributed by atoms with Gasteiger partial charge in [0.25, 0.3) is 0 Å². The molecule has 1 aromatic carbocycles. The van der Waals surface area contributed by atoms with Crippen molar-refractivity contribution in [1.82, 2.24) is 24.3 Å². The average molecular weight is 440 g/mol. The molecule has 1 aliphatic rings. The molecule has 0 amide bonds. The first-order valence-corrected chi connectivity index (χ1v) is 10.3. The lowest BCUT2D eigenvalue weighted by molar-refractivity contribution is -0.642. The molecule has 1 N–H and O–H groups in total. The van der Waals surface area contributed by atoms with Crippen LogP contribution in [0.3, 0.4) is 0 Å². The maximum Gasteiger partial charge on any atom is 0.408 e. The number of nitrogens with one attached hydrogen (secondary N) is 1. The second kappa shape index (κ2) is 7.77. The molecule has 0 spiro atoms. The van der Waals surface area contributed by atoms with Gasteiger partial charge in [-0.1, -0.05) is 16.8 Å². The van der Waals surface area contributed by atoms with Gasteiger partial charge in [0.15, 0.2) is 5.82 Å². The van der Waals surface area contributed by atoms with Gasteiger partial charge in [-0.15, -0.1) is 10.2 Å². The Balaban J connectivity index is 1.34. The van der Waals surface area contributed by atoms with Crippen molar-refractivity contribution in [3.8, 4) is 17.1 Å². The van der Waals surface area contributed by atoms with Crippen LogP contribution in [0.25, 0.3) is 17.1 Å². The fourth-order valence-corrected chi connectivity index (χ4v) is 3.50. The SMILES string of the molecule is C[C@H](n1cnnc1-c1cccc(N[n+]2ccc(-n3cnc(C4CC4)c3)cc2)c1)C(F)(F)F. The molecule has 32 heavy (non-hydrogen) atoms. The molecule has 3 aromatic heterocycles. The Morgan fingerprint density at radius 1 is 1.12 bits per heavy atom. The number of nitrogens with zero attached hydrogens (tertiary/aromatic N) is 6. The Bertz CT molecular complexity index is 1220. The number of anilines is 1. The highest BCUT2D eigenvalue weighted by molar-refractivity contribution is 5.62. The van der Waals surface area contributed by atoms with Crippen LogP contribution in [0.1, 0.15) is 37.4 Å². The van der Waals surface area contributed by atoms with Crippen molar-refractivity contribution in [1.29, 1.82) is 0 Å². The van der Waals surface area contributed by atoms with Crippen LogP contribution >= 0.6 is 0 Å². The van der Waals surface area contributed by atoms with Gasteiger partial charge in [0.05, 0.1) is 23.4 Å². The first-order chi connectivity index (χ1) is 15.4. The highest BCUT2D eigenvalue weighted by Crippen LogP contribution is 2.39. The van der Waals surface area contributed by atoms with Gasteiger partial charge < -0.3 is 9.13 Å². The summed E-state index contributed by atoms with van der Waals surface area (Å²) in [6.45, 7) is 1.08. The van der Waals surface area contributed by atoms with E-state index >= 15 is 0 Å². The Morgan fingerprint density at radius 3 is 2.62 bits per heavy atom. The Labute approximate surface area is 182 Å². The van der Waals surface area contributed by atoms with Gasteiger partial charge in [-0.3, -0.25) is 0 Å². The Morgan fingerprint density at radius 2 is 1.91 bits per heavy atom. The maximum absolute atomic E-state index is 13.2. The summed E-state index contributed by atoms with van der Waals surface area (Å²) in [6, 6.07) is 9.22. The van der Waals surface area contributed by atoms with E-state index in [2.05, 4.69) is 26.8 Å². The van der Waals surface area contributed by atoms with Gasteiger partial charge in [0.1, 0.15) is 12.4 Å². The molecule has 1 saturated carbocycles. The molecule has 5 rings (SSSR count). The van der Waals surface area contributed by atoms with Crippen molar-refractivity contribution >= 4 is 5.69 Å². The topological polar surface area (TPSA) is 64.4 Å². The smallest absolute Gasteiger partial charge is 0.306 e. The number of pyridine rings is 1. The van der Waals surface area contributed by atoms with E-state index in [1.807, 2.05) is 41.5 Å². The maximum atomic E-state index is 13.2. The fraction of sp³-hybridized carbons (Fsp3) is 0.273. The van der Waals surface area contributed by atoms with Crippen molar-refractivity contribution in [3.63, 3.8) is 0 Å². The van der Waals surface area contributed by atoms with E-state index in [0.717, 1.165) is 29.2 Å². The van der Waals surface area contributed by atoms with Crippen molar-refractivity contribution in [3.05, 3.63) is 73.3 Å². The van der Waals surface area contributed by atoms with E-state index in [9.17, 15) is 13.2 Å². The molecule has 0 radical (unpaired) electrons. The summed E-state index contributed by atoms with van der Waals surface area (Å²) in [6.07, 6.45) is 6.75. The largest absolute Gasteiger partial charge is 0.408 e. The predicted octanol–water partition coefficient (Wildman–Crippen LogP) is 4.29. The van der Waals surface area contributed by atoms with Gasteiger partial charge in [0.2, 0.25) is 12.4 Å². The van der Waals surface area contributed by atoms with Gasteiger partial charge in [-0.2, -0.15) is 18.6 Å². The first kappa shape index (κ1) is 20.2. The third-order valence-corrected chi connectivity index (χ3v) is 5.55. The molecule has 0 bridgehead atoms. The van der Waals surface area contributed by atoms with E-state index in [-0.39, 0.29) is 5.82 Å². The van der Waals surface area contributed by atoms with Crippen molar-refractivity contribution in [2.24, 2.45) is 0 Å². The Kier molecular flexibility index (Phi) is 4.91. The fourth-order valence-electron chi connectivity index (χ4n) is 3.50. The minimum atomic E-state index is -4.39. The van der Waals surface area contributed by atoms with E-state index in [1.54, 1.807) is 22.9 Å². The second-order valence-electron chi connectivity index (χ2n) is 7.92. The van der Waals surface area contributed by atoms with Gasteiger partial charge in [-0.25, -0.2) is 4.98 Å². The highest BCUT2D eigenvalue weighted by atomic mass is 19.4. The summed E-state index contributed by atoms with van der Waals surface area (Å²) in [4.78, 5) is 4.47. The highest BCUT2D eigenvalue weighted by Gasteiger charge is 2.38. The lowest BCUT2D eigenvalue weighted by Crippen LogP contribution is -2.41. The summed E-state index contributed by atoms with van der Waals surface area (Å²) >= 11 is 0. The molecule has 164 valence electrons. The van der Waals surface area contributed by atoms with Crippen LogP contribution in [0.15, 0.2) is 67.6 Å². The first-order valence-electron chi connectivity index (χ1n) is 10.3. The molecule has 4 aromatic rings. The number of benzene rings is 1. The monoisotopic (exact) mass is 440 g/mol. The van der Waals surface area contributed by atoms with Gasteiger partial charge >= 0.3 is 6.18 Å². The van der Waals surface area contributed by atoms with Crippen LogP contribution in [0.4, 0.5) is 18.9 Å². The molecular formula is C22H21F3N7+. The number of aromatic nitrogens is 6. The summed E-state index contributed by atoms with van der Waals surface area (Å²) in [5.41, 5.74) is 6.57. The average Bonchev–Trinajstić information content (AvgIpc) is 3.31. The van der Waals surface area contributed by atoms with Crippen LogP contribution < -0.4 is 10.1 Å². The van der Waals surface area contributed by atoms with Crippen LogP contribution in [0.2, 0.25) is 0 Å². The molecule has 0 unspecified atom stereocenters. The molecule has 1 fully saturated rings. The number of hydrogen-bond donors (Lipinski definition) is 1. The van der Waals surface area contributed by atoms with Crippen LogP contribution in [0, 0.1) is 0 Å². The molecule has 3 heterocycles. The van der Waals surface area contributed by atoms with Gasteiger partial charge in [0, 0.05) is 29.8 Å². The zero-order chi connectivity index (χ0) is 22.3. The van der Waals surface area contributed by atoms with E-state index in [4.69, 9.17) is 0 Å². The van der Waals surface area contributed by atoms with E-state index in [0.29, 0.717) is 17.2 Å². The predicted molar refractivity (Wildman–Crippen MR) is 111 cm³/mol. The molecule has 0 aliphatic heterocycles. The summed E-state index contributed by atoms with van der Waals surface area (Å²) < 4.78 is 44.3. The van der Waals surface area contributed by atoms with Gasteiger partial charge in [-0.05, 0) is 31.9 Å². The zero-order valence-electron chi connectivity index (χ0n) is 17.2. The molecule has 1 aliphatic carbocycles. The normalized spacial score (nSPS) is 15.0. The van der Waals surface area contributed by atoms with Crippen molar-refractivity contribution < 1.29 is 17.8 Å². The third kappa shape index (κ3) is 4.08. The quantitative estimate of drug-likeness (QED) is 0.454. The molecule has 1 atom stereocenters. The molecule has 10 heteroatoms. The van der Waals surface area contributed by atoms with Crippen LogP contribution in [0.5, 0.6) is 0 Å². The van der Waals surface area contributed by atoms with E-state index < -0.39 is 12.2 Å². The zero-order valence-corrected chi connectivity index (χ0v) is 17.2. The molecular weight excluding hydrogens is 419 g/mol. The second-order valence-corrected chi connectivity index (χ2v) is 7.92. The third-order valence-electron chi connectivity index (χ3n) is 5.55. The number of halogens is 3. The van der Waals surface area contributed by atoms with E-state index in [1.165, 1.54) is 12.8 Å². The minimum absolute atomic E-state index is 0.158. The lowest BCUT2D eigenvalue weighted by atomic mass is 10.2. The molecule has 7 nitrogen and oxygen atoms in total. The standard InChI is InChI=1S/C22H21F3N7/c1-15(22(23,24)25)32-14-27-28-21(32)17-3-2-4-18(11-17)29-31-9-7-19(8-10-31)30-12-20(26-13-30)16-5-6-16/h2-4,7-16,29H,5-6H2,1H3/q+1/t15-/m0/s1. The number of imidazole rings is 1. The molecule has 0 saturated heterocycles. The van der Waals surface area contributed by atoms with Crippen LogP contribution in [-0.2, 0) is 0 Å². The lowest BCUT2D eigenvalue weighted by Gasteiger charge is -2.18. The van der Waals surface area contributed by atoms with Crippen molar-refractivity contribution in [2.75, 3.05) is 5.43 Å². The van der Waals surface area contributed by atoms with Crippen LogP contribution in [-0.4, -0.2) is 30.5 Å². The number of alkyl halides is 3. The minimum Gasteiger partial charge on any atom is -0.306 e. The number of hydrogen-bond acceptors (Lipinski definition) is 4. The Hall–Kier alpha value is -3.69. The van der Waals surface area contributed by atoms with Crippen molar-refractivity contribution in [2.45, 2.75) is 37.9 Å². The summed E-state index contributed by atoms with van der Waals surface area (Å²) in [5.74, 6) is 0.758.